The zero-order valence-corrected chi connectivity index (χ0v) is 9.92. The van der Waals surface area contributed by atoms with Crippen molar-refractivity contribution in [1.29, 1.82) is 5.26 Å². The minimum atomic E-state index is 0.536. The Balaban J connectivity index is 2.73. The molecule has 1 heterocycles. The highest BCUT2D eigenvalue weighted by Gasteiger charge is 2.17. The van der Waals surface area contributed by atoms with E-state index in [0.29, 0.717) is 10.6 Å². The highest BCUT2D eigenvalue weighted by atomic mass is 35.5. The number of hydrogen-bond donors (Lipinski definition) is 0. The number of rotatable bonds is 1. The number of nitriles is 1. The third-order valence-corrected chi connectivity index (χ3v) is 3.15. The van der Waals surface area contributed by atoms with Crippen LogP contribution < -0.4 is 0 Å². The molecule has 0 aliphatic rings. The van der Waals surface area contributed by atoms with E-state index in [-0.39, 0.29) is 0 Å². The van der Waals surface area contributed by atoms with E-state index >= 15 is 0 Å². The molecule has 0 N–H and O–H groups in total. The van der Waals surface area contributed by atoms with Gasteiger partial charge in [-0.3, -0.25) is 0 Å². The van der Waals surface area contributed by atoms with Gasteiger partial charge in [0.05, 0.1) is 16.3 Å². The van der Waals surface area contributed by atoms with Crippen LogP contribution in [0.3, 0.4) is 0 Å². The highest BCUT2D eigenvalue weighted by Crippen LogP contribution is 2.34. The molecule has 3 heteroatoms. The molecule has 1 aromatic carbocycles. The van der Waals surface area contributed by atoms with Gasteiger partial charge < -0.3 is 4.57 Å². The van der Waals surface area contributed by atoms with Gasteiger partial charge in [0, 0.05) is 12.7 Å². The molecule has 0 spiro atoms. The molecule has 2 rings (SSSR count). The van der Waals surface area contributed by atoms with Gasteiger partial charge in [-0.25, -0.2) is 0 Å². The number of aromatic nitrogens is 1. The third kappa shape index (κ3) is 1.50. The minimum absolute atomic E-state index is 0.536. The molecule has 0 aliphatic heterocycles. The first-order valence-corrected chi connectivity index (χ1v) is 5.35. The van der Waals surface area contributed by atoms with Crippen LogP contribution in [0.5, 0.6) is 0 Å². The maximum atomic E-state index is 9.04. The molecule has 0 radical (unpaired) electrons. The molecule has 2 nitrogen and oxygen atoms in total. The first-order chi connectivity index (χ1) is 7.66. The van der Waals surface area contributed by atoms with Crippen molar-refractivity contribution in [1.82, 2.24) is 4.57 Å². The Hall–Kier alpha value is -1.72. The van der Waals surface area contributed by atoms with Crippen molar-refractivity contribution >= 4 is 11.6 Å². The summed E-state index contributed by atoms with van der Waals surface area (Å²) in [5.74, 6) is 0. The first-order valence-electron chi connectivity index (χ1n) is 4.97. The lowest BCUT2D eigenvalue weighted by molar-refractivity contribution is 0.889. The summed E-state index contributed by atoms with van der Waals surface area (Å²) in [6.07, 6.45) is 0. The number of halogens is 1. The molecule has 0 saturated carbocycles. The SMILES string of the molecule is Cc1c(C#N)c(Cl)c(-c2ccccc2)n1C. The largest absolute Gasteiger partial charge is 0.345 e. The Morgan fingerprint density at radius 2 is 1.88 bits per heavy atom. The van der Waals surface area contributed by atoms with Crippen molar-refractivity contribution in [2.24, 2.45) is 7.05 Å². The smallest absolute Gasteiger partial charge is 0.103 e. The molecule has 0 atom stereocenters. The molecule has 1 aromatic heterocycles. The Morgan fingerprint density at radius 1 is 1.25 bits per heavy atom. The highest BCUT2D eigenvalue weighted by molar-refractivity contribution is 6.34. The molecule has 2 aromatic rings. The van der Waals surface area contributed by atoms with E-state index in [2.05, 4.69) is 6.07 Å². The van der Waals surface area contributed by atoms with Crippen molar-refractivity contribution in [3.8, 4) is 17.3 Å². The van der Waals surface area contributed by atoms with Crippen LogP contribution in [0.2, 0.25) is 5.02 Å². The second kappa shape index (κ2) is 4.03. The van der Waals surface area contributed by atoms with E-state index in [1.807, 2.05) is 48.9 Å². The summed E-state index contributed by atoms with van der Waals surface area (Å²) in [4.78, 5) is 0. The van der Waals surface area contributed by atoms with Crippen molar-refractivity contribution in [2.45, 2.75) is 6.92 Å². The van der Waals surface area contributed by atoms with E-state index in [0.717, 1.165) is 17.0 Å². The van der Waals surface area contributed by atoms with E-state index in [1.54, 1.807) is 0 Å². The number of benzene rings is 1. The second-order valence-corrected chi connectivity index (χ2v) is 4.04. The average Bonchev–Trinajstić information content (AvgIpc) is 2.51. The molecular weight excluding hydrogens is 220 g/mol. The van der Waals surface area contributed by atoms with Crippen molar-refractivity contribution < 1.29 is 0 Å². The number of nitrogens with zero attached hydrogens (tertiary/aromatic N) is 2. The molecular formula is C13H11ClN2. The first kappa shape index (κ1) is 10.8. The Kier molecular flexibility index (Phi) is 2.72. The van der Waals surface area contributed by atoms with Crippen LogP contribution in [0.1, 0.15) is 11.3 Å². The van der Waals surface area contributed by atoms with Crippen molar-refractivity contribution in [3.63, 3.8) is 0 Å². The molecule has 0 amide bonds. The molecule has 0 bridgehead atoms. The van der Waals surface area contributed by atoms with Gasteiger partial charge in [0.15, 0.2) is 0 Å². The summed E-state index contributed by atoms with van der Waals surface area (Å²) >= 11 is 6.23. The molecule has 0 fully saturated rings. The maximum Gasteiger partial charge on any atom is 0.103 e. The fourth-order valence-electron chi connectivity index (χ4n) is 1.81. The predicted molar refractivity (Wildman–Crippen MR) is 65.3 cm³/mol. The lowest BCUT2D eigenvalue weighted by atomic mass is 10.1. The monoisotopic (exact) mass is 230 g/mol. The molecule has 0 unspecified atom stereocenters. The lowest BCUT2D eigenvalue weighted by Crippen LogP contribution is -1.94. The Morgan fingerprint density at radius 3 is 2.38 bits per heavy atom. The van der Waals surface area contributed by atoms with Crippen LogP contribution in [-0.4, -0.2) is 4.57 Å². The predicted octanol–water partition coefficient (Wildman–Crippen LogP) is 3.53. The van der Waals surface area contributed by atoms with E-state index in [9.17, 15) is 0 Å². The van der Waals surface area contributed by atoms with Gasteiger partial charge in [0.2, 0.25) is 0 Å². The van der Waals surface area contributed by atoms with Gasteiger partial charge >= 0.3 is 0 Å². The maximum absolute atomic E-state index is 9.04. The Labute approximate surface area is 99.7 Å². The summed E-state index contributed by atoms with van der Waals surface area (Å²) in [7, 11) is 1.92. The van der Waals surface area contributed by atoms with Crippen LogP contribution in [0.15, 0.2) is 30.3 Å². The average molecular weight is 231 g/mol. The molecule has 16 heavy (non-hydrogen) atoms. The van der Waals surface area contributed by atoms with Crippen LogP contribution in [-0.2, 0) is 7.05 Å². The fourth-order valence-corrected chi connectivity index (χ4v) is 2.22. The van der Waals surface area contributed by atoms with E-state index in [1.165, 1.54) is 0 Å². The summed E-state index contributed by atoms with van der Waals surface area (Å²) in [6.45, 7) is 1.90. The van der Waals surface area contributed by atoms with E-state index in [4.69, 9.17) is 16.9 Å². The Bertz CT molecular complexity index is 562. The van der Waals surface area contributed by atoms with Gasteiger partial charge in [-0.2, -0.15) is 5.26 Å². The summed E-state index contributed by atoms with van der Waals surface area (Å²) in [6, 6.07) is 12.0. The second-order valence-electron chi connectivity index (χ2n) is 3.66. The minimum Gasteiger partial charge on any atom is -0.345 e. The topological polar surface area (TPSA) is 28.7 Å². The third-order valence-electron chi connectivity index (χ3n) is 2.79. The molecule has 0 aliphatic carbocycles. The van der Waals surface area contributed by atoms with Gasteiger partial charge in [0.25, 0.3) is 0 Å². The molecule has 0 saturated heterocycles. The van der Waals surface area contributed by atoms with Crippen LogP contribution in [0.4, 0.5) is 0 Å². The van der Waals surface area contributed by atoms with Crippen molar-refractivity contribution in [2.75, 3.05) is 0 Å². The summed E-state index contributed by atoms with van der Waals surface area (Å²) in [5.41, 5.74) is 3.38. The standard InChI is InChI=1S/C13H11ClN2/c1-9-11(8-15)12(14)13(16(9)2)10-6-4-3-5-7-10/h3-7H,1-2H3. The summed E-state index contributed by atoms with van der Waals surface area (Å²) in [5, 5.41) is 9.57. The molecule has 80 valence electrons. The zero-order chi connectivity index (χ0) is 11.7. The lowest BCUT2D eigenvalue weighted by Gasteiger charge is -2.05. The number of hydrogen-bond acceptors (Lipinski definition) is 1. The summed E-state index contributed by atoms with van der Waals surface area (Å²) < 4.78 is 1.95. The fraction of sp³-hybridized carbons (Fsp3) is 0.154. The van der Waals surface area contributed by atoms with Crippen LogP contribution in [0, 0.1) is 18.3 Å². The normalized spacial score (nSPS) is 10.1. The van der Waals surface area contributed by atoms with E-state index < -0.39 is 0 Å². The van der Waals surface area contributed by atoms with Gasteiger partial charge in [0.1, 0.15) is 6.07 Å². The van der Waals surface area contributed by atoms with Gasteiger partial charge in [-0.1, -0.05) is 41.9 Å². The van der Waals surface area contributed by atoms with Crippen molar-refractivity contribution in [3.05, 3.63) is 46.6 Å². The van der Waals surface area contributed by atoms with Crippen LogP contribution >= 0.6 is 11.6 Å². The zero-order valence-electron chi connectivity index (χ0n) is 9.16. The quantitative estimate of drug-likeness (QED) is 0.737. The van der Waals surface area contributed by atoms with Gasteiger partial charge in [-0.15, -0.1) is 0 Å². The van der Waals surface area contributed by atoms with Crippen LogP contribution in [0.25, 0.3) is 11.3 Å². The van der Waals surface area contributed by atoms with Gasteiger partial charge in [-0.05, 0) is 12.5 Å².